The van der Waals surface area contributed by atoms with Crippen LogP contribution in [0.1, 0.15) is 15.4 Å². The summed E-state index contributed by atoms with van der Waals surface area (Å²) < 4.78 is 1.71. The number of carbonyl (C=O) groups excluding carboxylic acids is 1. The molecule has 0 radical (unpaired) electrons. The number of aromatic nitrogens is 4. The molecular weight excluding hydrogens is 393 g/mol. The quantitative estimate of drug-likeness (QED) is 0.544. The van der Waals surface area contributed by atoms with Crippen LogP contribution in [0.3, 0.4) is 0 Å². The fourth-order valence-electron chi connectivity index (χ4n) is 2.46. The van der Waals surface area contributed by atoms with E-state index in [2.05, 4.69) is 20.4 Å². The van der Waals surface area contributed by atoms with Gasteiger partial charge in [0.15, 0.2) is 5.65 Å². The Balaban J connectivity index is 1.63. The summed E-state index contributed by atoms with van der Waals surface area (Å²) in [6.45, 7) is 0.501. The van der Waals surface area contributed by atoms with E-state index in [-0.39, 0.29) is 11.5 Å². The van der Waals surface area contributed by atoms with Crippen LogP contribution in [0, 0.1) is 0 Å². The number of anilines is 1. The monoisotopic (exact) mass is 403 g/mol. The highest BCUT2D eigenvalue weighted by atomic mass is 35.5. The van der Waals surface area contributed by atoms with Crippen molar-refractivity contribution in [3.05, 3.63) is 68.9 Å². The second kappa shape index (κ2) is 7.03. The number of fused-ring (bicyclic) bond motifs is 1. The second-order valence-corrected chi connectivity index (χ2v) is 7.21. The third-order valence-corrected chi connectivity index (χ3v) is 5.14. The van der Waals surface area contributed by atoms with E-state index < -0.39 is 0 Å². The standard InChI is InChI=1S/C17H11Cl2N5OS/c18-10-1-3-11(4-2-10)23-17(25)13-7-21-16-12(15(13)19)8-22-24(16)9-14-20-5-6-26-14/h1-8H,9H2,(H,23,25). The first-order valence-electron chi connectivity index (χ1n) is 7.57. The van der Waals surface area contributed by atoms with Gasteiger partial charge in [-0.25, -0.2) is 14.6 Å². The first kappa shape index (κ1) is 17.0. The fourth-order valence-corrected chi connectivity index (χ4v) is 3.45. The molecule has 0 aliphatic heterocycles. The number of benzene rings is 1. The fraction of sp³-hybridized carbons (Fsp3) is 0.0588. The van der Waals surface area contributed by atoms with Crippen molar-refractivity contribution in [3.8, 4) is 0 Å². The van der Waals surface area contributed by atoms with E-state index in [1.807, 2.05) is 5.38 Å². The molecule has 0 fully saturated rings. The predicted molar refractivity (Wildman–Crippen MR) is 103 cm³/mol. The molecule has 9 heteroatoms. The Labute approximate surface area is 162 Å². The number of hydrogen-bond acceptors (Lipinski definition) is 5. The molecule has 0 saturated heterocycles. The van der Waals surface area contributed by atoms with E-state index in [1.54, 1.807) is 41.3 Å². The molecule has 1 N–H and O–H groups in total. The van der Waals surface area contributed by atoms with Crippen LogP contribution in [0.2, 0.25) is 10.0 Å². The van der Waals surface area contributed by atoms with Gasteiger partial charge in [0, 0.05) is 28.5 Å². The number of hydrogen-bond donors (Lipinski definition) is 1. The molecule has 3 heterocycles. The van der Waals surface area contributed by atoms with Gasteiger partial charge >= 0.3 is 0 Å². The van der Waals surface area contributed by atoms with Gasteiger partial charge in [-0.2, -0.15) is 5.10 Å². The summed E-state index contributed by atoms with van der Waals surface area (Å²) in [6.07, 6.45) is 4.80. The normalized spacial score (nSPS) is 11.0. The number of nitrogens with zero attached hydrogens (tertiary/aromatic N) is 4. The minimum atomic E-state index is -0.348. The summed E-state index contributed by atoms with van der Waals surface area (Å²) in [5, 5.41) is 11.4. The van der Waals surface area contributed by atoms with Gasteiger partial charge in [-0.3, -0.25) is 4.79 Å². The number of halogens is 2. The Morgan fingerprint density at radius 2 is 1.96 bits per heavy atom. The third kappa shape index (κ3) is 3.29. The van der Waals surface area contributed by atoms with E-state index in [0.29, 0.717) is 33.3 Å². The van der Waals surface area contributed by atoms with Crippen LogP contribution in [0.4, 0.5) is 5.69 Å². The van der Waals surface area contributed by atoms with Gasteiger partial charge in [-0.15, -0.1) is 11.3 Å². The number of thiazole rings is 1. The zero-order chi connectivity index (χ0) is 18.1. The molecular formula is C17H11Cl2N5OS. The van der Waals surface area contributed by atoms with Crippen molar-refractivity contribution in [2.75, 3.05) is 5.32 Å². The molecule has 26 heavy (non-hydrogen) atoms. The minimum Gasteiger partial charge on any atom is -0.322 e. The number of nitrogens with one attached hydrogen (secondary N) is 1. The number of amides is 1. The number of rotatable bonds is 4. The van der Waals surface area contributed by atoms with Crippen molar-refractivity contribution in [2.24, 2.45) is 0 Å². The van der Waals surface area contributed by atoms with E-state index in [0.717, 1.165) is 5.01 Å². The number of pyridine rings is 1. The van der Waals surface area contributed by atoms with Crippen molar-refractivity contribution >= 4 is 57.2 Å². The second-order valence-electron chi connectivity index (χ2n) is 5.41. The average Bonchev–Trinajstić information content (AvgIpc) is 3.28. The predicted octanol–water partition coefficient (Wildman–Crippen LogP) is 4.50. The maximum Gasteiger partial charge on any atom is 0.258 e. The maximum absolute atomic E-state index is 12.5. The molecule has 0 atom stereocenters. The molecule has 1 amide bonds. The topological polar surface area (TPSA) is 72.7 Å². The van der Waals surface area contributed by atoms with Gasteiger partial charge in [-0.05, 0) is 24.3 Å². The van der Waals surface area contributed by atoms with Crippen LogP contribution in [0.15, 0.2) is 48.2 Å². The van der Waals surface area contributed by atoms with Gasteiger partial charge < -0.3 is 5.32 Å². The van der Waals surface area contributed by atoms with Crippen molar-refractivity contribution < 1.29 is 4.79 Å². The van der Waals surface area contributed by atoms with Crippen LogP contribution in [-0.2, 0) is 6.54 Å². The molecule has 1 aromatic carbocycles. The smallest absolute Gasteiger partial charge is 0.258 e. The van der Waals surface area contributed by atoms with E-state index in [9.17, 15) is 4.79 Å². The summed E-state index contributed by atoms with van der Waals surface area (Å²) in [5.74, 6) is -0.348. The first-order chi connectivity index (χ1) is 12.6. The molecule has 6 nitrogen and oxygen atoms in total. The SMILES string of the molecule is O=C(Nc1ccc(Cl)cc1)c1cnc2c(cnn2Cc2nccs2)c1Cl. The van der Waals surface area contributed by atoms with Crippen molar-refractivity contribution in [2.45, 2.75) is 6.54 Å². The highest BCUT2D eigenvalue weighted by Gasteiger charge is 2.17. The van der Waals surface area contributed by atoms with Gasteiger partial charge in [0.05, 0.1) is 28.7 Å². The average molecular weight is 404 g/mol. The van der Waals surface area contributed by atoms with E-state index in [4.69, 9.17) is 23.2 Å². The third-order valence-electron chi connectivity index (χ3n) is 3.72. The largest absolute Gasteiger partial charge is 0.322 e. The Morgan fingerprint density at radius 3 is 2.69 bits per heavy atom. The summed E-state index contributed by atoms with van der Waals surface area (Å²) in [6, 6.07) is 6.82. The molecule has 0 aliphatic rings. The van der Waals surface area contributed by atoms with Gasteiger partial charge in [0.2, 0.25) is 0 Å². The highest BCUT2D eigenvalue weighted by molar-refractivity contribution is 7.09. The lowest BCUT2D eigenvalue weighted by molar-refractivity contribution is 0.102. The molecule has 3 aromatic heterocycles. The maximum atomic E-state index is 12.5. The van der Waals surface area contributed by atoms with E-state index in [1.165, 1.54) is 17.5 Å². The van der Waals surface area contributed by atoms with Gasteiger partial charge in [0.1, 0.15) is 5.01 Å². The molecule has 0 unspecified atom stereocenters. The molecule has 0 spiro atoms. The van der Waals surface area contributed by atoms with Crippen LogP contribution < -0.4 is 5.32 Å². The minimum absolute atomic E-state index is 0.280. The van der Waals surface area contributed by atoms with Crippen LogP contribution in [0.25, 0.3) is 11.0 Å². The summed E-state index contributed by atoms with van der Waals surface area (Å²) in [4.78, 5) is 21.1. The zero-order valence-corrected chi connectivity index (χ0v) is 15.5. The Morgan fingerprint density at radius 1 is 1.15 bits per heavy atom. The Kier molecular flexibility index (Phi) is 4.58. The zero-order valence-electron chi connectivity index (χ0n) is 13.2. The lowest BCUT2D eigenvalue weighted by atomic mass is 10.2. The summed E-state index contributed by atoms with van der Waals surface area (Å²) in [5.41, 5.74) is 1.51. The Bertz CT molecular complexity index is 1080. The molecule has 130 valence electrons. The van der Waals surface area contributed by atoms with Gasteiger partial charge in [0.25, 0.3) is 5.91 Å². The first-order valence-corrected chi connectivity index (χ1v) is 9.20. The molecule has 0 bridgehead atoms. The van der Waals surface area contributed by atoms with Gasteiger partial charge in [-0.1, -0.05) is 23.2 Å². The molecule has 0 aliphatic carbocycles. The van der Waals surface area contributed by atoms with Crippen LogP contribution in [-0.4, -0.2) is 25.7 Å². The van der Waals surface area contributed by atoms with Crippen LogP contribution in [0.5, 0.6) is 0 Å². The Hall–Kier alpha value is -2.48. The lowest BCUT2D eigenvalue weighted by Crippen LogP contribution is -2.13. The lowest BCUT2D eigenvalue weighted by Gasteiger charge is -2.07. The summed E-state index contributed by atoms with van der Waals surface area (Å²) >= 11 is 13.8. The summed E-state index contributed by atoms with van der Waals surface area (Å²) in [7, 11) is 0. The molecule has 4 aromatic rings. The number of carbonyl (C=O) groups is 1. The highest BCUT2D eigenvalue weighted by Crippen LogP contribution is 2.27. The van der Waals surface area contributed by atoms with Crippen molar-refractivity contribution in [1.82, 2.24) is 19.7 Å². The molecule has 4 rings (SSSR count). The van der Waals surface area contributed by atoms with E-state index >= 15 is 0 Å². The molecule has 0 saturated carbocycles. The van der Waals surface area contributed by atoms with Crippen molar-refractivity contribution in [1.29, 1.82) is 0 Å². The van der Waals surface area contributed by atoms with Crippen LogP contribution >= 0.6 is 34.5 Å². The van der Waals surface area contributed by atoms with Crippen molar-refractivity contribution in [3.63, 3.8) is 0 Å².